The lowest BCUT2D eigenvalue weighted by Crippen LogP contribution is -2.45. The molecule has 0 aliphatic rings. The number of rotatable bonds is 7. The zero-order valence-electron chi connectivity index (χ0n) is 12.0. The Bertz CT molecular complexity index is 370. The van der Waals surface area contributed by atoms with Gasteiger partial charge in [-0.15, -0.1) is 0 Å². The smallest absolute Gasteiger partial charge is 0.166 e. The van der Waals surface area contributed by atoms with E-state index in [-0.39, 0.29) is 6.04 Å². The number of nitrogens with one attached hydrogen (secondary N) is 2. The summed E-state index contributed by atoms with van der Waals surface area (Å²) in [6, 6.07) is 11.1. The molecule has 1 aromatic rings. The highest BCUT2D eigenvalue weighted by atomic mass is 32.1. The molecule has 0 aliphatic carbocycles. The first-order valence-electron chi connectivity index (χ1n) is 6.71. The minimum atomic E-state index is 0.228. The van der Waals surface area contributed by atoms with Gasteiger partial charge in [0.15, 0.2) is 5.11 Å². The van der Waals surface area contributed by atoms with Crippen molar-refractivity contribution in [2.24, 2.45) is 0 Å². The lowest BCUT2D eigenvalue weighted by Gasteiger charge is -2.20. The molecule has 0 radical (unpaired) electrons. The highest BCUT2D eigenvalue weighted by Gasteiger charge is 2.07. The van der Waals surface area contributed by atoms with Crippen LogP contribution >= 0.6 is 12.2 Å². The van der Waals surface area contributed by atoms with Crippen LogP contribution in [0, 0.1) is 0 Å². The van der Waals surface area contributed by atoms with Crippen LogP contribution in [0.25, 0.3) is 0 Å². The van der Waals surface area contributed by atoms with Gasteiger partial charge in [-0.25, -0.2) is 0 Å². The molecule has 2 unspecified atom stereocenters. The van der Waals surface area contributed by atoms with Crippen molar-refractivity contribution < 1.29 is 4.74 Å². The molecular weight excluding hydrogens is 256 g/mol. The lowest BCUT2D eigenvalue weighted by molar-refractivity contribution is 0.179. The molecular formula is C15H24N2OS. The summed E-state index contributed by atoms with van der Waals surface area (Å²) in [7, 11) is 1.69. The highest BCUT2D eigenvalue weighted by molar-refractivity contribution is 7.80. The molecule has 2 N–H and O–H groups in total. The predicted molar refractivity (Wildman–Crippen MR) is 84.4 cm³/mol. The molecule has 0 aromatic heterocycles. The number of ether oxygens (including phenoxy) is 1. The van der Waals surface area contributed by atoms with E-state index >= 15 is 0 Å². The van der Waals surface area contributed by atoms with E-state index in [0.29, 0.717) is 17.8 Å². The third-order valence-electron chi connectivity index (χ3n) is 2.88. The van der Waals surface area contributed by atoms with Gasteiger partial charge >= 0.3 is 0 Å². The van der Waals surface area contributed by atoms with E-state index in [0.717, 1.165) is 12.8 Å². The standard InChI is InChI=1S/C15H24N2OS/c1-12(9-10-14-7-5-4-6-8-14)16-15(19)17-13(2)11-18-3/h4-8,12-13H,9-11H2,1-3H3,(H2,16,17,19). The van der Waals surface area contributed by atoms with Crippen molar-refractivity contribution in [2.45, 2.75) is 38.8 Å². The van der Waals surface area contributed by atoms with E-state index in [1.54, 1.807) is 7.11 Å². The first-order chi connectivity index (χ1) is 9.11. The van der Waals surface area contributed by atoms with E-state index in [2.05, 4.69) is 41.8 Å². The topological polar surface area (TPSA) is 33.3 Å². The van der Waals surface area contributed by atoms with Crippen LogP contribution in [0.3, 0.4) is 0 Å². The zero-order valence-corrected chi connectivity index (χ0v) is 12.8. The summed E-state index contributed by atoms with van der Waals surface area (Å²) < 4.78 is 5.06. The Kier molecular flexibility index (Phi) is 7.45. The predicted octanol–water partition coefficient (Wildman–Crippen LogP) is 2.51. The summed E-state index contributed by atoms with van der Waals surface area (Å²) in [6.07, 6.45) is 2.12. The number of hydrogen-bond acceptors (Lipinski definition) is 2. The van der Waals surface area contributed by atoms with E-state index in [1.165, 1.54) is 5.56 Å². The van der Waals surface area contributed by atoms with Crippen LogP contribution in [0.4, 0.5) is 0 Å². The van der Waals surface area contributed by atoms with Crippen LogP contribution in [0.1, 0.15) is 25.8 Å². The SMILES string of the molecule is COCC(C)NC(=S)NC(C)CCc1ccccc1. The molecule has 0 aliphatic heterocycles. The number of hydrogen-bond donors (Lipinski definition) is 2. The summed E-state index contributed by atoms with van der Waals surface area (Å²) in [5, 5.41) is 7.21. The fraction of sp³-hybridized carbons (Fsp3) is 0.533. The third-order valence-corrected chi connectivity index (χ3v) is 3.12. The Morgan fingerprint density at radius 2 is 1.79 bits per heavy atom. The van der Waals surface area contributed by atoms with E-state index < -0.39 is 0 Å². The lowest BCUT2D eigenvalue weighted by atomic mass is 10.1. The molecule has 3 nitrogen and oxygen atoms in total. The maximum Gasteiger partial charge on any atom is 0.166 e. The summed E-state index contributed by atoms with van der Waals surface area (Å²) in [6.45, 7) is 4.85. The molecule has 1 aromatic carbocycles. The second-order valence-corrected chi connectivity index (χ2v) is 5.31. The van der Waals surface area contributed by atoms with Gasteiger partial charge in [-0.05, 0) is 44.5 Å². The Labute approximate surface area is 121 Å². The van der Waals surface area contributed by atoms with Crippen molar-refractivity contribution in [2.75, 3.05) is 13.7 Å². The van der Waals surface area contributed by atoms with Crippen molar-refractivity contribution in [1.29, 1.82) is 0 Å². The van der Waals surface area contributed by atoms with Crippen molar-refractivity contribution in [3.63, 3.8) is 0 Å². The first-order valence-corrected chi connectivity index (χ1v) is 7.12. The Hall–Kier alpha value is -1.13. The molecule has 2 atom stereocenters. The Balaban J connectivity index is 2.23. The van der Waals surface area contributed by atoms with Gasteiger partial charge < -0.3 is 15.4 Å². The molecule has 0 heterocycles. The largest absolute Gasteiger partial charge is 0.383 e. The molecule has 106 valence electrons. The summed E-state index contributed by atoms with van der Waals surface area (Å²) >= 11 is 5.27. The molecule has 0 spiro atoms. The van der Waals surface area contributed by atoms with Crippen LogP contribution in [-0.2, 0) is 11.2 Å². The Morgan fingerprint density at radius 1 is 1.16 bits per heavy atom. The first kappa shape index (κ1) is 15.9. The van der Waals surface area contributed by atoms with Gasteiger partial charge in [0.25, 0.3) is 0 Å². The van der Waals surface area contributed by atoms with Crippen molar-refractivity contribution in [3.8, 4) is 0 Å². The van der Waals surface area contributed by atoms with Crippen molar-refractivity contribution in [3.05, 3.63) is 35.9 Å². The molecule has 0 saturated heterocycles. The number of benzene rings is 1. The molecule has 1 rings (SSSR count). The highest BCUT2D eigenvalue weighted by Crippen LogP contribution is 2.04. The zero-order chi connectivity index (χ0) is 14.1. The normalized spacial score (nSPS) is 13.6. The summed E-state index contributed by atoms with van der Waals surface area (Å²) in [5.41, 5.74) is 1.36. The minimum absolute atomic E-state index is 0.228. The van der Waals surface area contributed by atoms with E-state index in [9.17, 15) is 0 Å². The monoisotopic (exact) mass is 280 g/mol. The fourth-order valence-corrected chi connectivity index (χ4v) is 2.28. The summed E-state index contributed by atoms with van der Waals surface area (Å²) in [5.74, 6) is 0. The average Bonchev–Trinajstić information content (AvgIpc) is 2.37. The molecule has 0 saturated carbocycles. The maximum atomic E-state index is 5.27. The average molecular weight is 280 g/mol. The summed E-state index contributed by atoms with van der Waals surface area (Å²) in [4.78, 5) is 0. The molecule has 19 heavy (non-hydrogen) atoms. The van der Waals surface area contributed by atoms with Crippen molar-refractivity contribution in [1.82, 2.24) is 10.6 Å². The second kappa shape index (κ2) is 8.88. The number of aryl methyl sites for hydroxylation is 1. The van der Waals surface area contributed by atoms with Gasteiger partial charge in [0.1, 0.15) is 0 Å². The van der Waals surface area contributed by atoms with Crippen LogP contribution in [-0.4, -0.2) is 30.9 Å². The van der Waals surface area contributed by atoms with Gasteiger partial charge in [-0.2, -0.15) is 0 Å². The third kappa shape index (κ3) is 7.13. The molecule has 0 amide bonds. The van der Waals surface area contributed by atoms with E-state index in [4.69, 9.17) is 17.0 Å². The van der Waals surface area contributed by atoms with Crippen molar-refractivity contribution >= 4 is 17.3 Å². The van der Waals surface area contributed by atoms with E-state index in [1.807, 2.05) is 13.0 Å². The van der Waals surface area contributed by atoms with Gasteiger partial charge in [0, 0.05) is 19.2 Å². The second-order valence-electron chi connectivity index (χ2n) is 4.90. The molecule has 4 heteroatoms. The van der Waals surface area contributed by atoms with Gasteiger partial charge in [-0.3, -0.25) is 0 Å². The van der Waals surface area contributed by atoms with Crippen LogP contribution in [0.2, 0.25) is 0 Å². The van der Waals surface area contributed by atoms with Gasteiger partial charge in [-0.1, -0.05) is 30.3 Å². The van der Waals surface area contributed by atoms with Gasteiger partial charge in [0.2, 0.25) is 0 Å². The van der Waals surface area contributed by atoms with Gasteiger partial charge in [0.05, 0.1) is 6.61 Å². The quantitative estimate of drug-likeness (QED) is 0.752. The molecule has 0 fully saturated rings. The fourth-order valence-electron chi connectivity index (χ4n) is 1.88. The Morgan fingerprint density at radius 3 is 2.42 bits per heavy atom. The minimum Gasteiger partial charge on any atom is -0.383 e. The molecule has 0 bridgehead atoms. The number of thiocarbonyl (C=S) groups is 1. The van der Waals surface area contributed by atoms with Crippen LogP contribution < -0.4 is 10.6 Å². The number of methoxy groups -OCH3 is 1. The van der Waals surface area contributed by atoms with Crippen LogP contribution in [0.5, 0.6) is 0 Å². The van der Waals surface area contributed by atoms with Crippen LogP contribution in [0.15, 0.2) is 30.3 Å². The maximum absolute atomic E-state index is 5.27.